The molecule has 2 aliphatic rings. The first-order valence-electron chi connectivity index (χ1n) is 9.86. The number of rotatable bonds is 5. The van der Waals surface area contributed by atoms with Crippen LogP contribution in [0.15, 0.2) is 24.4 Å². The van der Waals surface area contributed by atoms with E-state index in [4.69, 9.17) is 14.7 Å². The van der Waals surface area contributed by atoms with Gasteiger partial charge in [-0.3, -0.25) is 19.5 Å². The lowest BCUT2D eigenvalue weighted by Gasteiger charge is -2.34. The Kier molecular flexibility index (Phi) is 5.04. The maximum absolute atomic E-state index is 13.1. The van der Waals surface area contributed by atoms with Gasteiger partial charge in [-0.25, -0.2) is 9.97 Å². The molecule has 1 atom stereocenters. The van der Waals surface area contributed by atoms with Crippen LogP contribution in [-0.2, 0) is 21.5 Å². The Labute approximate surface area is 169 Å². The fourth-order valence-corrected chi connectivity index (χ4v) is 4.18. The van der Waals surface area contributed by atoms with Crippen molar-refractivity contribution in [2.75, 3.05) is 31.7 Å². The Morgan fingerprint density at radius 1 is 1.31 bits per heavy atom. The molecule has 0 bridgehead atoms. The summed E-state index contributed by atoms with van der Waals surface area (Å²) < 4.78 is 5.15. The van der Waals surface area contributed by atoms with E-state index in [1.165, 1.54) is 0 Å². The number of ether oxygens (including phenoxy) is 1. The lowest BCUT2D eigenvalue weighted by molar-refractivity contribution is -0.117. The van der Waals surface area contributed by atoms with Gasteiger partial charge in [0.1, 0.15) is 17.1 Å². The molecule has 29 heavy (non-hydrogen) atoms. The van der Waals surface area contributed by atoms with Gasteiger partial charge in [-0.05, 0) is 38.8 Å². The number of nitrogens with zero attached hydrogens (tertiary/aromatic N) is 5. The highest BCUT2D eigenvalue weighted by Gasteiger charge is 2.45. The number of anilines is 1. The topological polar surface area (TPSA) is 88.5 Å². The van der Waals surface area contributed by atoms with Gasteiger partial charge >= 0.3 is 0 Å². The second-order valence-electron chi connectivity index (χ2n) is 7.70. The summed E-state index contributed by atoms with van der Waals surface area (Å²) in [5, 5.41) is 0. The second kappa shape index (κ2) is 7.51. The number of fused-ring (bicyclic) bond motifs is 1. The molecule has 2 amide bonds. The zero-order chi connectivity index (χ0) is 20.6. The van der Waals surface area contributed by atoms with Crippen LogP contribution in [0.3, 0.4) is 0 Å². The first kappa shape index (κ1) is 19.4. The molecule has 0 aliphatic carbocycles. The Bertz CT molecular complexity index is 949. The first-order chi connectivity index (χ1) is 14.0. The van der Waals surface area contributed by atoms with E-state index in [-0.39, 0.29) is 11.8 Å². The highest BCUT2D eigenvalue weighted by atomic mass is 16.5. The number of pyridine rings is 1. The van der Waals surface area contributed by atoms with Crippen molar-refractivity contribution >= 4 is 17.6 Å². The minimum absolute atomic E-state index is 0.00425. The largest absolute Gasteiger partial charge is 0.383 e. The molecule has 8 heteroatoms. The van der Waals surface area contributed by atoms with Gasteiger partial charge in [0.25, 0.3) is 5.91 Å². The summed E-state index contributed by atoms with van der Waals surface area (Å²) in [5.41, 5.74) is 1.42. The molecule has 8 nitrogen and oxygen atoms in total. The van der Waals surface area contributed by atoms with E-state index in [9.17, 15) is 9.59 Å². The summed E-state index contributed by atoms with van der Waals surface area (Å²) in [5.74, 6) is 1.10. The van der Waals surface area contributed by atoms with Crippen LogP contribution in [-0.4, -0.2) is 58.5 Å². The molecular formula is C21H25N5O3. The minimum Gasteiger partial charge on any atom is -0.383 e. The third kappa shape index (κ3) is 3.27. The molecule has 0 N–H and O–H groups in total. The normalized spacial score (nSPS) is 21.0. The van der Waals surface area contributed by atoms with Crippen LogP contribution in [0.5, 0.6) is 0 Å². The van der Waals surface area contributed by atoms with Gasteiger partial charge in [-0.15, -0.1) is 0 Å². The van der Waals surface area contributed by atoms with Crippen molar-refractivity contribution in [3.05, 3.63) is 47.2 Å². The van der Waals surface area contributed by atoms with Crippen molar-refractivity contribution < 1.29 is 14.3 Å². The standard InChI is InChI=1S/C21H25N5O3/c1-14-15-13-17(27)25(11-12-29-3)18(15)24-20(23-14)21(2)8-6-10-26(21)19(28)16-7-4-5-9-22-16/h4-5,7,9H,6,8,10-13H2,1-3H3/t21-/m0/s1. The molecule has 0 spiro atoms. The van der Waals surface area contributed by atoms with Gasteiger partial charge in [0.15, 0.2) is 5.82 Å². The number of aromatic nitrogens is 3. The number of hydrogen-bond donors (Lipinski definition) is 0. The fraction of sp³-hybridized carbons (Fsp3) is 0.476. The van der Waals surface area contributed by atoms with Crippen LogP contribution >= 0.6 is 0 Å². The maximum atomic E-state index is 13.1. The highest BCUT2D eigenvalue weighted by Crippen LogP contribution is 2.40. The van der Waals surface area contributed by atoms with E-state index < -0.39 is 5.54 Å². The number of hydrogen-bond acceptors (Lipinski definition) is 6. The molecule has 0 unspecified atom stereocenters. The quantitative estimate of drug-likeness (QED) is 0.768. The van der Waals surface area contributed by atoms with Crippen molar-refractivity contribution in [1.29, 1.82) is 0 Å². The third-order valence-electron chi connectivity index (χ3n) is 5.85. The fourth-order valence-electron chi connectivity index (χ4n) is 4.18. The van der Waals surface area contributed by atoms with Gasteiger partial charge in [-0.1, -0.05) is 6.07 Å². The van der Waals surface area contributed by atoms with Gasteiger partial charge in [-0.2, -0.15) is 0 Å². The molecular weight excluding hydrogens is 370 g/mol. The average molecular weight is 395 g/mol. The van der Waals surface area contributed by atoms with Gasteiger partial charge in [0.2, 0.25) is 5.91 Å². The molecule has 4 rings (SSSR count). The molecule has 152 valence electrons. The molecule has 0 saturated carbocycles. The van der Waals surface area contributed by atoms with Gasteiger partial charge in [0, 0.05) is 31.1 Å². The van der Waals surface area contributed by atoms with Crippen LogP contribution in [0.2, 0.25) is 0 Å². The molecule has 0 radical (unpaired) electrons. The molecule has 2 aromatic rings. The van der Waals surface area contributed by atoms with Crippen molar-refractivity contribution in [2.45, 2.75) is 38.6 Å². The summed E-state index contributed by atoms with van der Waals surface area (Å²) >= 11 is 0. The zero-order valence-electron chi connectivity index (χ0n) is 17.0. The molecule has 1 saturated heterocycles. The van der Waals surface area contributed by atoms with Crippen molar-refractivity contribution in [3.8, 4) is 0 Å². The van der Waals surface area contributed by atoms with Crippen LogP contribution in [0.1, 0.15) is 47.3 Å². The average Bonchev–Trinajstić information content (AvgIpc) is 3.27. The Balaban J connectivity index is 1.72. The highest BCUT2D eigenvalue weighted by molar-refractivity contribution is 6.00. The molecule has 2 aliphatic heterocycles. The van der Waals surface area contributed by atoms with E-state index in [0.29, 0.717) is 43.5 Å². The Hall–Kier alpha value is -2.87. The van der Waals surface area contributed by atoms with Crippen LogP contribution in [0.4, 0.5) is 5.82 Å². The second-order valence-corrected chi connectivity index (χ2v) is 7.70. The van der Waals surface area contributed by atoms with E-state index >= 15 is 0 Å². The SMILES string of the molecule is COCCN1C(=O)Cc2c(C)nc([C@]3(C)CCCN3C(=O)c3ccccn3)nc21. The zero-order valence-corrected chi connectivity index (χ0v) is 17.0. The number of amides is 2. The monoisotopic (exact) mass is 395 g/mol. The summed E-state index contributed by atoms with van der Waals surface area (Å²) in [4.78, 5) is 42.9. The summed E-state index contributed by atoms with van der Waals surface area (Å²) in [6, 6.07) is 5.32. The van der Waals surface area contributed by atoms with Crippen molar-refractivity contribution in [2.24, 2.45) is 0 Å². The molecule has 2 aromatic heterocycles. The van der Waals surface area contributed by atoms with Crippen LogP contribution < -0.4 is 4.90 Å². The number of carbonyl (C=O) groups is 2. The number of carbonyl (C=O) groups excluding carboxylic acids is 2. The van der Waals surface area contributed by atoms with E-state index in [1.807, 2.05) is 24.8 Å². The van der Waals surface area contributed by atoms with Crippen molar-refractivity contribution in [3.63, 3.8) is 0 Å². The van der Waals surface area contributed by atoms with E-state index in [1.54, 1.807) is 30.3 Å². The Morgan fingerprint density at radius 3 is 2.86 bits per heavy atom. The van der Waals surface area contributed by atoms with Gasteiger partial charge in [0.05, 0.1) is 19.6 Å². The maximum Gasteiger partial charge on any atom is 0.273 e. The van der Waals surface area contributed by atoms with Crippen molar-refractivity contribution in [1.82, 2.24) is 19.9 Å². The summed E-state index contributed by atoms with van der Waals surface area (Å²) in [7, 11) is 1.61. The predicted molar refractivity (Wildman–Crippen MR) is 107 cm³/mol. The number of aryl methyl sites for hydroxylation is 1. The number of methoxy groups -OCH3 is 1. The number of likely N-dealkylation sites (tertiary alicyclic amines) is 1. The van der Waals surface area contributed by atoms with Gasteiger partial charge < -0.3 is 9.64 Å². The molecule has 0 aromatic carbocycles. The first-order valence-corrected chi connectivity index (χ1v) is 9.86. The summed E-state index contributed by atoms with van der Waals surface area (Å²) in [6.07, 6.45) is 3.55. The van der Waals surface area contributed by atoms with Crippen LogP contribution in [0, 0.1) is 6.92 Å². The third-order valence-corrected chi connectivity index (χ3v) is 5.85. The lowest BCUT2D eigenvalue weighted by atomic mass is 9.96. The predicted octanol–water partition coefficient (Wildman–Crippen LogP) is 1.87. The van der Waals surface area contributed by atoms with E-state index in [2.05, 4.69) is 4.98 Å². The lowest BCUT2D eigenvalue weighted by Crippen LogP contribution is -2.44. The minimum atomic E-state index is -0.646. The molecule has 1 fully saturated rings. The van der Waals surface area contributed by atoms with E-state index in [0.717, 1.165) is 24.1 Å². The summed E-state index contributed by atoms with van der Waals surface area (Å²) in [6.45, 7) is 5.41. The smallest absolute Gasteiger partial charge is 0.273 e. The van der Waals surface area contributed by atoms with Crippen LogP contribution in [0.25, 0.3) is 0 Å². The molecule has 4 heterocycles. The Morgan fingerprint density at radius 2 is 2.14 bits per heavy atom.